The number of hydrogen-bond acceptors (Lipinski definition) is 3. The van der Waals surface area contributed by atoms with Gasteiger partial charge in [-0.05, 0) is 41.8 Å². The van der Waals surface area contributed by atoms with Crippen molar-refractivity contribution < 1.29 is 4.74 Å². The highest BCUT2D eigenvalue weighted by Gasteiger charge is 2.10. The van der Waals surface area contributed by atoms with E-state index in [2.05, 4.69) is 12.3 Å². The Kier molecular flexibility index (Phi) is 5.51. The third kappa shape index (κ3) is 3.62. The standard InChI is InChI=1S/C12H14ClNOS/c1-9(5-6-16-8-14)11-4-3-10(15-2)7-12(11)13/h3-4,7,9H,5-6H2,1-2H3. The summed E-state index contributed by atoms with van der Waals surface area (Å²) in [5.41, 5.74) is 1.11. The lowest BCUT2D eigenvalue weighted by Crippen LogP contribution is -1.96. The van der Waals surface area contributed by atoms with Gasteiger partial charge in [0.05, 0.1) is 7.11 Å². The highest BCUT2D eigenvalue weighted by Crippen LogP contribution is 2.30. The first-order chi connectivity index (χ1) is 7.69. The molecule has 4 heteroatoms. The van der Waals surface area contributed by atoms with Crippen LogP contribution in [0.1, 0.15) is 24.8 Å². The maximum atomic E-state index is 8.44. The second kappa shape index (κ2) is 6.67. The third-order valence-electron chi connectivity index (χ3n) is 2.46. The molecule has 1 atom stereocenters. The van der Waals surface area contributed by atoms with Crippen LogP contribution in [0.15, 0.2) is 18.2 Å². The highest BCUT2D eigenvalue weighted by atomic mass is 35.5. The minimum absolute atomic E-state index is 0.360. The van der Waals surface area contributed by atoms with E-state index >= 15 is 0 Å². The van der Waals surface area contributed by atoms with Crippen molar-refractivity contribution in [1.29, 1.82) is 5.26 Å². The topological polar surface area (TPSA) is 33.0 Å². The van der Waals surface area contributed by atoms with Gasteiger partial charge in [-0.15, -0.1) is 0 Å². The highest BCUT2D eigenvalue weighted by molar-refractivity contribution is 8.03. The van der Waals surface area contributed by atoms with Crippen LogP contribution in [-0.2, 0) is 0 Å². The van der Waals surface area contributed by atoms with Gasteiger partial charge in [-0.3, -0.25) is 0 Å². The molecule has 0 N–H and O–H groups in total. The summed E-state index contributed by atoms with van der Waals surface area (Å²) in [5.74, 6) is 1.96. The van der Waals surface area contributed by atoms with E-state index in [9.17, 15) is 0 Å². The van der Waals surface area contributed by atoms with Crippen LogP contribution >= 0.6 is 23.4 Å². The first-order valence-electron chi connectivity index (χ1n) is 5.03. The molecule has 0 spiro atoms. The number of methoxy groups -OCH3 is 1. The first-order valence-corrected chi connectivity index (χ1v) is 6.39. The Labute approximate surface area is 106 Å². The number of nitriles is 1. The zero-order valence-corrected chi connectivity index (χ0v) is 10.9. The van der Waals surface area contributed by atoms with Gasteiger partial charge in [0.25, 0.3) is 0 Å². The molecule has 1 aromatic rings. The molecule has 1 aromatic carbocycles. The number of ether oxygens (including phenoxy) is 1. The average molecular weight is 256 g/mol. The van der Waals surface area contributed by atoms with E-state index in [4.69, 9.17) is 21.6 Å². The van der Waals surface area contributed by atoms with E-state index < -0.39 is 0 Å². The molecule has 0 bridgehead atoms. The second-order valence-corrected chi connectivity index (χ2v) is 4.80. The van der Waals surface area contributed by atoms with Crippen molar-refractivity contribution >= 4 is 23.4 Å². The molecule has 0 saturated heterocycles. The summed E-state index contributed by atoms with van der Waals surface area (Å²) in [6, 6.07) is 5.73. The van der Waals surface area contributed by atoms with Crippen LogP contribution in [0, 0.1) is 10.7 Å². The van der Waals surface area contributed by atoms with Crippen molar-refractivity contribution in [3.05, 3.63) is 28.8 Å². The van der Waals surface area contributed by atoms with E-state index in [-0.39, 0.29) is 0 Å². The predicted octanol–water partition coefficient (Wildman–Crippen LogP) is 4.06. The molecule has 0 aliphatic rings. The summed E-state index contributed by atoms with van der Waals surface area (Å²) in [6.45, 7) is 2.12. The second-order valence-electron chi connectivity index (χ2n) is 3.52. The monoisotopic (exact) mass is 255 g/mol. The molecule has 0 amide bonds. The molecule has 0 radical (unpaired) electrons. The van der Waals surface area contributed by atoms with E-state index in [0.717, 1.165) is 28.5 Å². The van der Waals surface area contributed by atoms with Crippen molar-refractivity contribution in [3.8, 4) is 11.2 Å². The summed E-state index contributed by atoms with van der Waals surface area (Å²) in [4.78, 5) is 0. The summed E-state index contributed by atoms with van der Waals surface area (Å²) in [6.07, 6.45) is 0.949. The molecule has 16 heavy (non-hydrogen) atoms. The van der Waals surface area contributed by atoms with Gasteiger partial charge in [0.1, 0.15) is 11.2 Å². The van der Waals surface area contributed by atoms with Crippen LogP contribution in [0.2, 0.25) is 5.02 Å². The Balaban J connectivity index is 2.68. The molecule has 86 valence electrons. The molecular weight excluding hydrogens is 242 g/mol. The molecule has 0 aromatic heterocycles. The fraction of sp³-hybridized carbons (Fsp3) is 0.417. The Morgan fingerprint density at radius 3 is 2.88 bits per heavy atom. The van der Waals surface area contributed by atoms with Gasteiger partial charge in [0.15, 0.2) is 0 Å². The fourth-order valence-corrected chi connectivity index (χ4v) is 2.39. The molecule has 1 rings (SSSR count). The van der Waals surface area contributed by atoms with Gasteiger partial charge in [-0.25, -0.2) is 0 Å². The first kappa shape index (κ1) is 13.2. The lowest BCUT2D eigenvalue weighted by atomic mass is 9.98. The Hall–Kier alpha value is -0.850. The maximum Gasteiger partial charge on any atom is 0.133 e. The quantitative estimate of drug-likeness (QED) is 0.588. The van der Waals surface area contributed by atoms with Crippen LogP contribution in [0.3, 0.4) is 0 Å². The molecule has 0 aliphatic heterocycles. The molecule has 0 saturated carbocycles. The molecule has 2 nitrogen and oxygen atoms in total. The summed E-state index contributed by atoms with van der Waals surface area (Å²) in [7, 11) is 1.62. The van der Waals surface area contributed by atoms with E-state index in [0.29, 0.717) is 5.92 Å². The summed E-state index contributed by atoms with van der Waals surface area (Å²) >= 11 is 7.45. The molecule has 0 heterocycles. The van der Waals surface area contributed by atoms with Crippen LogP contribution < -0.4 is 4.74 Å². The summed E-state index contributed by atoms with van der Waals surface area (Å²) < 4.78 is 5.10. The number of benzene rings is 1. The zero-order chi connectivity index (χ0) is 12.0. The number of hydrogen-bond donors (Lipinski definition) is 0. The minimum atomic E-state index is 0.360. The fourth-order valence-electron chi connectivity index (χ4n) is 1.47. The Bertz CT molecular complexity index is 389. The van der Waals surface area contributed by atoms with Crippen LogP contribution in [0.4, 0.5) is 0 Å². The number of nitrogens with zero attached hydrogens (tertiary/aromatic N) is 1. The minimum Gasteiger partial charge on any atom is -0.497 e. The predicted molar refractivity (Wildman–Crippen MR) is 69.1 cm³/mol. The average Bonchev–Trinajstić information content (AvgIpc) is 2.29. The smallest absolute Gasteiger partial charge is 0.133 e. The molecular formula is C12H14ClNOS. The number of halogens is 1. The van der Waals surface area contributed by atoms with Gasteiger partial charge < -0.3 is 4.74 Å². The zero-order valence-electron chi connectivity index (χ0n) is 9.37. The molecule has 0 aliphatic carbocycles. The van der Waals surface area contributed by atoms with Crippen LogP contribution in [0.25, 0.3) is 0 Å². The largest absolute Gasteiger partial charge is 0.497 e. The molecule has 0 fully saturated rings. The SMILES string of the molecule is COc1ccc(C(C)CCSC#N)c(Cl)c1. The molecule has 1 unspecified atom stereocenters. The lowest BCUT2D eigenvalue weighted by molar-refractivity contribution is 0.414. The lowest BCUT2D eigenvalue weighted by Gasteiger charge is -2.13. The number of rotatable bonds is 5. The summed E-state index contributed by atoms with van der Waals surface area (Å²) in [5, 5.41) is 11.2. The van der Waals surface area contributed by atoms with Crippen molar-refractivity contribution in [1.82, 2.24) is 0 Å². The van der Waals surface area contributed by atoms with Crippen molar-refractivity contribution in [3.63, 3.8) is 0 Å². The number of thiocyanates is 1. The van der Waals surface area contributed by atoms with Crippen LogP contribution in [0.5, 0.6) is 5.75 Å². The Morgan fingerprint density at radius 1 is 1.56 bits per heavy atom. The van der Waals surface area contributed by atoms with Crippen LogP contribution in [-0.4, -0.2) is 12.9 Å². The van der Waals surface area contributed by atoms with E-state index in [1.807, 2.05) is 18.2 Å². The Morgan fingerprint density at radius 2 is 2.31 bits per heavy atom. The van der Waals surface area contributed by atoms with Gasteiger partial charge in [-0.2, -0.15) is 5.26 Å². The maximum absolute atomic E-state index is 8.44. The van der Waals surface area contributed by atoms with Gasteiger partial charge in [-0.1, -0.05) is 24.6 Å². The van der Waals surface area contributed by atoms with Gasteiger partial charge in [0, 0.05) is 10.8 Å². The van der Waals surface area contributed by atoms with Crippen molar-refractivity contribution in [2.24, 2.45) is 0 Å². The third-order valence-corrected chi connectivity index (χ3v) is 3.35. The number of thioether (sulfide) groups is 1. The van der Waals surface area contributed by atoms with Gasteiger partial charge >= 0.3 is 0 Å². The van der Waals surface area contributed by atoms with Crippen molar-refractivity contribution in [2.75, 3.05) is 12.9 Å². The van der Waals surface area contributed by atoms with Gasteiger partial charge in [0.2, 0.25) is 0 Å². The van der Waals surface area contributed by atoms with Crippen molar-refractivity contribution in [2.45, 2.75) is 19.3 Å². The normalized spacial score (nSPS) is 11.9. The van der Waals surface area contributed by atoms with E-state index in [1.54, 1.807) is 7.11 Å². The van der Waals surface area contributed by atoms with E-state index in [1.165, 1.54) is 11.8 Å².